The molecule has 0 radical (unpaired) electrons. The summed E-state index contributed by atoms with van der Waals surface area (Å²) in [5, 5.41) is 2.69. The van der Waals surface area contributed by atoms with E-state index < -0.39 is 6.04 Å². The summed E-state index contributed by atoms with van der Waals surface area (Å²) in [7, 11) is 0. The minimum absolute atomic E-state index is 0. The van der Waals surface area contributed by atoms with Crippen LogP contribution in [-0.2, 0) is 4.79 Å². The molecule has 0 aromatic carbocycles. The molecule has 0 fully saturated rings. The van der Waals surface area contributed by atoms with Crippen LogP contribution in [0.25, 0.3) is 0 Å². The lowest BCUT2D eigenvalue weighted by molar-refractivity contribution is -0.117. The number of hydrogen-bond acceptors (Lipinski definition) is 4. The van der Waals surface area contributed by atoms with Crippen molar-refractivity contribution in [1.29, 1.82) is 0 Å². The average molecular weight is 276 g/mol. The number of thioether (sulfide) groups is 1. The smallest absolute Gasteiger partial charge is 0.242 e. The SMILES string of the molecule is CSCC[C@H](N)C(=O)Nc1ccc(C)cn1.Cl. The molecule has 0 aliphatic rings. The van der Waals surface area contributed by atoms with Gasteiger partial charge in [-0.1, -0.05) is 6.07 Å². The van der Waals surface area contributed by atoms with Crippen molar-refractivity contribution in [2.45, 2.75) is 19.4 Å². The Bertz CT molecular complexity index is 345. The molecule has 6 heteroatoms. The second-order valence-corrected chi connectivity index (χ2v) is 4.58. The van der Waals surface area contributed by atoms with Gasteiger partial charge in [0.15, 0.2) is 0 Å². The van der Waals surface area contributed by atoms with E-state index in [0.717, 1.165) is 11.3 Å². The van der Waals surface area contributed by atoms with Crippen molar-refractivity contribution < 1.29 is 4.79 Å². The van der Waals surface area contributed by atoms with Crippen LogP contribution < -0.4 is 11.1 Å². The average Bonchev–Trinajstić information content (AvgIpc) is 2.29. The number of anilines is 1. The third-order valence-electron chi connectivity index (χ3n) is 2.13. The molecule has 0 aliphatic carbocycles. The molecule has 1 heterocycles. The molecular weight excluding hydrogens is 258 g/mol. The van der Waals surface area contributed by atoms with E-state index in [1.807, 2.05) is 19.2 Å². The van der Waals surface area contributed by atoms with Crippen LogP contribution in [0.5, 0.6) is 0 Å². The number of amides is 1. The van der Waals surface area contributed by atoms with Gasteiger partial charge in [0, 0.05) is 6.20 Å². The van der Waals surface area contributed by atoms with E-state index in [2.05, 4.69) is 10.3 Å². The zero-order valence-corrected chi connectivity index (χ0v) is 11.6. The maximum atomic E-state index is 11.6. The second kappa shape index (κ2) is 8.33. The summed E-state index contributed by atoms with van der Waals surface area (Å²) in [6.45, 7) is 1.95. The number of rotatable bonds is 5. The molecule has 1 atom stereocenters. The summed E-state index contributed by atoms with van der Waals surface area (Å²) in [5.74, 6) is 1.26. The predicted octanol–water partition coefficient (Wildman–Crippen LogP) is 1.83. The highest BCUT2D eigenvalue weighted by molar-refractivity contribution is 7.98. The lowest BCUT2D eigenvalue weighted by atomic mass is 10.2. The first kappa shape index (κ1) is 16.2. The Kier molecular flexibility index (Phi) is 7.95. The minimum atomic E-state index is -0.462. The Morgan fingerprint density at radius 1 is 1.59 bits per heavy atom. The van der Waals surface area contributed by atoms with E-state index in [1.165, 1.54) is 0 Å². The minimum Gasteiger partial charge on any atom is -0.320 e. The number of nitrogens with one attached hydrogen (secondary N) is 1. The van der Waals surface area contributed by atoms with E-state index >= 15 is 0 Å². The fourth-order valence-corrected chi connectivity index (χ4v) is 1.63. The molecule has 0 saturated heterocycles. The molecule has 0 aliphatic heterocycles. The fraction of sp³-hybridized carbons (Fsp3) is 0.455. The van der Waals surface area contributed by atoms with Crippen LogP contribution in [0, 0.1) is 6.92 Å². The molecule has 0 saturated carbocycles. The highest BCUT2D eigenvalue weighted by atomic mass is 35.5. The Hall–Kier alpha value is -0.780. The van der Waals surface area contributed by atoms with Gasteiger partial charge < -0.3 is 11.1 Å². The normalized spacial score (nSPS) is 11.5. The van der Waals surface area contributed by atoms with Crippen LogP contribution in [0.4, 0.5) is 5.82 Å². The number of hydrogen-bond donors (Lipinski definition) is 2. The summed E-state index contributed by atoms with van der Waals surface area (Å²) in [4.78, 5) is 15.7. The summed E-state index contributed by atoms with van der Waals surface area (Å²) in [6.07, 6.45) is 4.38. The molecule has 0 spiro atoms. The number of halogens is 1. The third-order valence-corrected chi connectivity index (χ3v) is 2.78. The van der Waals surface area contributed by atoms with Crippen molar-refractivity contribution in [1.82, 2.24) is 4.98 Å². The molecule has 3 N–H and O–H groups in total. The van der Waals surface area contributed by atoms with Gasteiger partial charge in [0.2, 0.25) is 5.91 Å². The number of aryl methyl sites for hydroxylation is 1. The Balaban J connectivity index is 0.00000256. The monoisotopic (exact) mass is 275 g/mol. The van der Waals surface area contributed by atoms with Crippen molar-refractivity contribution >= 4 is 35.9 Å². The largest absolute Gasteiger partial charge is 0.320 e. The number of aromatic nitrogens is 1. The van der Waals surface area contributed by atoms with Crippen molar-refractivity contribution in [2.24, 2.45) is 5.73 Å². The molecule has 0 unspecified atom stereocenters. The summed E-state index contributed by atoms with van der Waals surface area (Å²) >= 11 is 1.68. The molecule has 96 valence electrons. The van der Waals surface area contributed by atoms with Crippen molar-refractivity contribution in [3.05, 3.63) is 23.9 Å². The van der Waals surface area contributed by atoms with Gasteiger partial charge in [-0.2, -0.15) is 11.8 Å². The Morgan fingerprint density at radius 2 is 2.29 bits per heavy atom. The van der Waals surface area contributed by atoms with E-state index in [0.29, 0.717) is 12.2 Å². The highest BCUT2D eigenvalue weighted by Crippen LogP contribution is 2.05. The zero-order valence-electron chi connectivity index (χ0n) is 9.97. The van der Waals surface area contributed by atoms with Crippen LogP contribution in [0.3, 0.4) is 0 Å². The van der Waals surface area contributed by atoms with Gasteiger partial charge in [-0.25, -0.2) is 4.98 Å². The molecule has 1 amide bonds. The van der Waals surface area contributed by atoms with Crippen LogP contribution in [-0.4, -0.2) is 28.9 Å². The van der Waals surface area contributed by atoms with Gasteiger partial charge in [0.1, 0.15) is 5.82 Å². The zero-order chi connectivity index (χ0) is 12.0. The molecule has 4 nitrogen and oxygen atoms in total. The van der Waals surface area contributed by atoms with Gasteiger partial charge in [-0.05, 0) is 37.0 Å². The number of nitrogens with two attached hydrogens (primary N) is 1. The van der Waals surface area contributed by atoms with Gasteiger partial charge in [-0.3, -0.25) is 4.79 Å². The number of carbonyl (C=O) groups is 1. The van der Waals surface area contributed by atoms with Gasteiger partial charge in [-0.15, -0.1) is 12.4 Å². The van der Waals surface area contributed by atoms with Gasteiger partial charge in [0.05, 0.1) is 6.04 Å². The van der Waals surface area contributed by atoms with E-state index in [1.54, 1.807) is 24.0 Å². The topological polar surface area (TPSA) is 68.0 Å². The van der Waals surface area contributed by atoms with Crippen molar-refractivity contribution in [3.63, 3.8) is 0 Å². The van der Waals surface area contributed by atoms with Gasteiger partial charge >= 0.3 is 0 Å². The summed E-state index contributed by atoms with van der Waals surface area (Å²) in [5.41, 5.74) is 6.79. The van der Waals surface area contributed by atoms with Gasteiger partial charge in [0.25, 0.3) is 0 Å². The number of pyridine rings is 1. The van der Waals surface area contributed by atoms with Crippen LogP contribution in [0.15, 0.2) is 18.3 Å². The number of carbonyl (C=O) groups excluding carboxylic acids is 1. The van der Waals surface area contributed by atoms with Crippen LogP contribution in [0.2, 0.25) is 0 Å². The van der Waals surface area contributed by atoms with Crippen molar-refractivity contribution in [2.75, 3.05) is 17.3 Å². The summed E-state index contributed by atoms with van der Waals surface area (Å²) in [6, 6.07) is 3.21. The fourth-order valence-electron chi connectivity index (χ4n) is 1.14. The summed E-state index contributed by atoms with van der Waals surface area (Å²) < 4.78 is 0. The van der Waals surface area contributed by atoms with Crippen LogP contribution in [0.1, 0.15) is 12.0 Å². The Morgan fingerprint density at radius 3 is 2.82 bits per heavy atom. The lowest BCUT2D eigenvalue weighted by Crippen LogP contribution is -2.36. The molecule has 1 aromatic heterocycles. The van der Waals surface area contributed by atoms with E-state index in [-0.39, 0.29) is 18.3 Å². The lowest BCUT2D eigenvalue weighted by Gasteiger charge is -2.10. The quantitative estimate of drug-likeness (QED) is 0.860. The second-order valence-electron chi connectivity index (χ2n) is 3.60. The van der Waals surface area contributed by atoms with Crippen LogP contribution >= 0.6 is 24.2 Å². The predicted molar refractivity (Wildman–Crippen MR) is 75.8 cm³/mol. The van der Waals surface area contributed by atoms with E-state index in [9.17, 15) is 4.79 Å². The molecule has 0 bridgehead atoms. The van der Waals surface area contributed by atoms with E-state index in [4.69, 9.17) is 5.73 Å². The Labute approximate surface area is 112 Å². The molecule has 1 rings (SSSR count). The standard InChI is InChI=1S/C11H17N3OS.ClH/c1-8-3-4-10(13-7-8)14-11(15)9(12)5-6-16-2;/h3-4,7,9H,5-6,12H2,1-2H3,(H,13,14,15);1H/t9-;/m0./s1. The third kappa shape index (κ3) is 5.91. The highest BCUT2D eigenvalue weighted by Gasteiger charge is 2.13. The maximum Gasteiger partial charge on any atom is 0.242 e. The molecule has 1 aromatic rings. The first-order valence-corrected chi connectivity index (χ1v) is 6.51. The first-order chi connectivity index (χ1) is 7.63. The molecule has 17 heavy (non-hydrogen) atoms. The number of nitrogens with zero attached hydrogens (tertiary/aromatic N) is 1. The molecular formula is C11H18ClN3OS. The first-order valence-electron chi connectivity index (χ1n) is 5.11. The maximum absolute atomic E-state index is 11.6. The van der Waals surface area contributed by atoms with Crippen molar-refractivity contribution in [3.8, 4) is 0 Å².